The van der Waals surface area contributed by atoms with Crippen molar-refractivity contribution in [2.75, 3.05) is 32.8 Å². The zero-order chi connectivity index (χ0) is 21.4. The monoisotopic (exact) mass is 409 g/mol. The van der Waals surface area contributed by atoms with Crippen LogP contribution in [0.25, 0.3) is 5.69 Å². The molecule has 0 radical (unpaired) electrons. The largest absolute Gasteiger partial charge is 0.378 e. The van der Waals surface area contributed by atoms with Crippen LogP contribution < -0.4 is 5.56 Å². The molecule has 2 saturated heterocycles. The van der Waals surface area contributed by atoms with Gasteiger partial charge in [0.25, 0.3) is 11.5 Å². The molecule has 6 nitrogen and oxygen atoms in total. The highest BCUT2D eigenvalue weighted by molar-refractivity contribution is 5.95. The van der Waals surface area contributed by atoms with Crippen molar-refractivity contribution in [1.82, 2.24) is 14.4 Å². The van der Waals surface area contributed by atoms with E-state index in [1.54, 1.807) is 10.8 Å². The van der Waals surface area contributed by atoms with Crippen molar-refractivity contribution in [2.45, 2.75) is 45.7 Å². The number of fused-ring (bicyclic) bond motifs is 1. The number of benzene rings is 1. The normalized spacial score (nSPS) is 22.2. The molecule has 2 aromatic rings. The van der Waals surface area contributed by atoms with E-state index in [2.05, 4.69) is 31.7 Å². The van der Waals surface area contributed by atoms with Crippen molar-refractivity contribution in [1.29, 1.82) is 0 Å². The average molecular weight is 410 g/mol. The van der Waals surface area contributed by atoms with Crippen molar-refractivity contribution < 1.29 is 9.53 Å². The number of hydrogen-bond acceptors (Lipinski definition) is 4. The second-order valence-electron chi connectivity index (χ2n) is 8.83. The summed E-state index contributed by atoms with van der Waals surface area (Å²) in [6.07, 6.45) is 1.77. The lowest BCUT2D eigenvalue weighted by molar-refractivity contribution is -0.0700. The Kier molecular flexibility index (Phi) is 5.80. The number of amides is 1. The van der Waals surface area contributed by atoms with Crippen LogP contribution in [0.1, 0.15) is 48.2 Å². The number of ether oxygens (including phenoxy) is 1. The third-order valence-electron chi connectivity index (χ3n) is 6.38. The van der Waals surface area contributed by atoms with Crippen molar-refractivity contribution in [2.24, 2.45) is 0 Å². The molecule has 0 aliphatic carbocycles. The minimum absolute atomic E-state index is 0.176. The molecule has 2 atom stereocenters. The summed E-state index contributed by atoms with van der Waals surface area (Å²) in [4.78, 5) is 31.0. The lowest BCUT2D eigenvalue weighted by Gasteiger charge is -2.47. The second-order valence-corrected chi connectivity index (χ2v) is 8.83. The number of carbonyl (C=O) groups excluding carboxylic acids is 1. The van der Waals surface area contributed by atoms with Crippen LogP contribution in [0.15, 0.2) is 41.3 Å². The third kappa shape index (κ3) is 3.82. The quantitative estimate of drug-likeness (QED) is 0.782. The molecule has 1 aromatic carbocycles. The highest BCUT2D eigenvalue weighted by atomic mass is 16.5. The molecule has 0 saturated carbocycles. The van der Waals surface area contributed by atoms with Gasteiger partial charge >= 0.3 is 0 Å². The number of aryl methyl sites for hydroxylation is 1. The molecule has 160 valence electrons. The van der Waals surface area contributed by atoms with Crippen molar-refractivity contribution in [3.63, 3.8) is 0 Å². The van der Waals surface area contributed by atoms with Gasteiger partial charge in [-0.1, -0.05) is 26.0 Å². The van der Waals surface area contributed by atoms with E-state index in [1.165, 1.54) is 0 Å². The maximum Gasteiger partial charge on any atom is 0.268 e. The van der Waals surface area contributed by atoms with E-state index in [-0.39, 0.29) is 23.1 Å². The first kappa shape index (κ1) is 20.8. The third-order valence-corrected chi connectivity index (χ3v) is 6.38. The highest BCUT2D eigenvalue weighted by Gasteiger charge is 2.36. The number of carbonyl (C=O) groups is 1. The number of rotatable bonds is 3. The Morgan fingerprint density at radius 1 is 1.17 bits per heavy atom. The van der Waals surface area contributed by atoms with Crippen LogP contribution in [-0.4, -0.2) is 65.2 Å². The Morgan fingerprint density at radius 3 is 2.73 bits per heavy atom. The molecule has 6 heteroatoms. The van der Waals surface area contributed by atoms with Crippen LogP contribution in [0.2, 0.25) is 0 Å². The predicted octanol–water partition coefficient (Wildman–Crippen LogP) is 2.81. The van der Waals surface area contributed by atoms with Crippen molar-refractivity contribution in [3.05, 3.63) is 63.6 Å². The van der Waals surface area contributed by atoms with E-state index in [9.17, 15) is 9.59 Å². The molecule has 2 aliphatic heterocycles. The lowest BCUT2D eigenvalue weighted by Crippen LogP contribution is -2.62. The van der Waals surface area contributed by atoms with E-state index in [4.69, 9.17) is 4.74 Å². The molecule has 0 N–H and O–H groups in total. The number of aromatic nitrogens is 1. The van der Waals surface area contributed by atoms with Gasteiger partial charge in [0.1, 0.15) is 5.56 Å². The smallest absolute Gasteiger partial charge is 0.268 e. The fourth-order valence-corrected chi connectivity index (χ4v) is 4.53. The summed E-state index contributed by atoms with van der Waals surface area (Å²) < 4.78 is 7.29. The average Bonchev–Trinajstić information content (AvgIpc) is 2.73. The molecule has 1 amide bonds. The van der Waals surface area contributed by atoms with Gasteiger partial charge in [0, 0.05) is 37.6 Å². The topological polar surface area (TPSA) is 54.8 Å². The zero-order valence-electron chi connectivity index (χ0n) is 18.3. The predicted molar refractivity (Wildman–Crippen MR) is 118 cm³/mol. The number of hydrogen-bond donors (Lipinski definition) is 0. The summed E-state index contributed by atoms with van der Waals surface area (Å²) >= 11 is 0. The van der Waals surface area contributed by atoms with Gasteiger partial charge in [-0.25, -0.2) is 0 Å². The molecular formula is C24H31N3O3. The molecule has 0 spiro atoms. The van der Waals surface area contributed by atoms with Gasteiger partial charge in [0.05, 0.1) is 19.3 Å². The molecular weight excluding hydrogens is 378 g/mol. The minimum atomic E-state index is -0.253. The Balaban J connectivity index is 1.65. The van der Waals surface area contributed by atoms with Crippen LogP contribution >= 0.6 is 0 Å². The summed E-state index contributed by atoms with van der Waals surface area (Å²) in [7, 11) is 0. The van der Waals surface area contributed by atoms with Gasteiger partial charge < -0.3 is 9.64 Å². The summed E-state index contributed by atoms with van der Waals surface area (Å²) in [5, 5.41) is 0. The first-order valence-electron chi connectivity index (χ1n) is 10.8. The summed E-state index contributed by atoms with van der Waals surface area (Å²) in [6, 6.07) is 10.4. The van der Waals surface area contributed by atoms with Crippen LogP contribution in [0.3, 0.4) is 0 Å². The molecule has 0 bridgehead atoms. The lowest BCUT2D eigenvalue weighted by atomic mass is 10.0. The Labute approximate surface area is 178 Å². The van der Waals surface area contributed by atoms with Crippen LogP contribution in [0, 0.1) is 6.92 Å². The van der Waals surface area contributed by atoms with E-state index in [0.717, 1.165) is 30.0 Å². The first-order valence-corrected chi connectivity index (χ1v) is 10.8. The fourth-order valence-electron chi connectivity index (χ4n) is 4.53. The van der Waals surface area contributed by atoms with Gasteiger partial charge in [0.15, 0.2) is 0 Å². The highest BCUT2D eigenvalue weighted by Crippen LogP contribution is 2.21. The molecule has 4 rings (SSSR count). The van der Waals surface area contributed by atoms with Gasteiger partial charge in [-0.2, -0.15) is 0 Å². The second kappa shape index (κ2) is 8.36. The van der Waals surface area contributed by atoms with E-state index < -0.39 is 0 Å². The molecule has 1 aromatic heterocycles. The Hall–Kier alpha value is -2.44. The van der Waals surface area contributed by atoms with Crippen LogP contribution in [0.4, 0.5) is 0 Å². The van der Waals surface area contributed by atoms with Gasteiger partial charge in [0.2, 0.25) is 0 Å². The molecule has 2 fully saturated rings. The SMILES string of the molecule is Cc1ccn(-c2cccc(C(C)C)c2)c(=O)c1C(=O)N1CCN2[C@@H](COC[C@@H]2C)C1. The number of pyridine rings is 1. The molecule has 0 unspecified atom stereocenters. The van der Waals surface area contributed by atoms with E-state index in [1.807, 2.05) is 36.1 Å². The van der Waals surface area contributed by atoms with Crippen LogP contribution in [-0.2, 0) is 4.74 Å². The number of morpholine rings is 1. The van der Waals surface area contributed by atoms with Crippen molar-refractivity contribution in [3.8, 4) is 5.69 Å². The minimum Gasteiger partial charge on any atom is -0.378 e. The fraction of sp³-hybridized carbons (Fsp3) is 0.500. The van der Waals surface area contributed by atoms with Gasteiger partial charge in [-0.3, -0.25) is 19.1 Å². The summed E-state index contributed by atoms with van der Waals surface area (Å²) in [6.45, 7) is 11.7. The first-order chi connectivity index (χ1) is 14.4. The Morgan fingerprint density at radius 2 is 1.97 bits per heavy atom. The zero-order valence-corrected chi connectivity index (χ0v) is 18.3. The van der Waals surface area contributed by atoms with Crippen molar-refractivity contribution >= 4 is 5.91 Å². The number of nitrogens with zero attached hydrogens (tertiary/aromatic N) is 3. The summed E-state index contributed by atoms with van der Waals surface area (Å²) in [5.74, 6) is 0.188. The molecule has 30 heavy (non-hydrogen) atoms. The van der Waals surface area contributed by atoms with E-state index >= 15 is 0 Å². The van der Waals surface area contributed by atoms with Gasteiger partial charge in [-0.15, -0.1) is 0 Å². The molecule has 3 heterocycles. The number of piperazine rings is 1. The summed E-state index contributed by atoms with van der Waals surface area (Å²) in [5.41, 5.74) is 2.69. The standard InChI is InChI=1S/C24H31N3O3/c1-16(2)19-6-5-7-20(12-19)27-9-8-17(3)22(24(27)29)23(28)25-10-11-26-18(4)14-30-15-21(26)13-25/h5-9,12,16,18,21H,10-11,13-15H2,1-4H3/t18-,21+/m0/s1. The maximum atomic E-state index is 13.4. The Bertz CT molecular complexity index is 997. The molecule has 2 aliphatic rings. The van der Waals surface area contributed by atoms with Crippen LogP contribution in [0.5, 0.6) is 0 Å². The van der Waals surface area contributed by atoms with Gasteiger partial charge in [-0.05, 0) is 49.1 Å². The maximum absolute atomic E-state index is 13.4. The van der Waals surface area contributed by atoms with E-state index in [0.29, 0.717) is 31.7 Å².